The molecule has 0 fully saturated rings. The molecule has 0 radical (unpaired) electrons. The van der Waals surface area contributed by atoms with Crippen LogP contribution in [0.2, 0.25) is 0 Å². The van der Waals surface area contributed by atoms with Crippen molar-refractivity contribution in [1.29, 1.82) is 0 Å². The van der Waals surface area contributed by atoms with Crippen molar-refractivity contribution >= 4 is 11.8 Å². The van der Waals surface area contributed by atoms with Gasteiger partial charge >= 0.3 is 0 Å². The highest BCUT2D eigenvalue weighted by Crippen LogP contribution is 2.28. The Morgan fingerprint density at radius 2 is 2.33 bits per heavy atom. The van der Waals surface area contributed by atoms with Crippen molar-refractivity contribution in [3.63, 3.8) is 0 Å². The van der Waals surface area contributed by atoms with Gasteiger partial charge in [0.2, 0.25) is 0 Å². The second-order valence-electron chi connectivity index (χ2n) is 2.87. The van der Waals surface area contributed by atoms with Crippen LogP contribution in [-0.2, 0) is 6.54 Å². The summed E-state index contributed by atoms with van der Waals surface area (Å²) >= 11 is 1.15. The first kappa shape index (κ1) is 10.2. The highest BCUT2D eigenvalue weighted by atomic mass is 32.2. The molecule has 0 aliphatic carbocycles. The van der Waals surface area contributed by atoms with Gasteiger partial charge in [0.1, 0.15) is 12.1 Å². The number of rotatable bonds is 3. The van der Waals surface area contributed by atoms with Crippen LogP contribution in [0.15, 0.2) is 45.2 Å². The molecule has 78 valence electrons. The van der Waals surface area contributed by atoms with E-state index in [1.807, 2.05) is 0 Å². The van der Waals surface area contributed by atoms with Crippen LogP contribution in [0.4, 0.5) is 4.39 Å². The first-order chi connectivity index (χ1) is 7.29. The van der Waals surface area contributed by atoms with Crippen molar-refractivity contribution in [2.45, 2.75) is 16.7 Å². The minimum atomic E-state index is -0.304. The third-order valence-electron chi connectivity index (χ3n) is 1.84. The van der Waals surface area contributed by atoms with Crippen LogP contribution in [0.1, 0.15) is 5.56 Å². The van der Waals surface area contributed by atoms with Gasteiger partial charge in [-0.25, -0.2) is 9.37 Å². The predicted molar refractivity (Wildman–Crippen MR) is 54.9 cm³/mol. The Balaban J connectivity index is 2.22. The number of halogens is 1. The number of benzene rings is 1. The SMILES string of the molecule is NCc1ccc(Sc2ncco2)c(F)c1. The molecule has 2 N–H and O–H groups in total. The van der Waals surface area contributed by atoms with Crippen molar-refractivity contribution < 1.29 is 8.81 Å². The van der Waals surface area contributed by atoms with Crippen molar-refractivity contribution in [3.8, 4) is 0 Å². The van der Waals surface area contributed by atoms with Gasteiger partial charge in [-0.2, -0.15) is 0 Å². The summed E-state index contributed by atoms with van der Waals surface area (Å²) in [6.07, 6.45) is 2.98. The topological polar surface area (TPSA) is 52.0 Å². The smallest absolute Gasteiger partial charge is 0.260 e. The molecule has 0 saturated carbocycles. The molecule has 1 aromatic heterocycles. The molecule has 0 aliphatic rings. The largest absolute Gasteiger partial charge is 0.440 e. The van der Waals surface area contributed by atoms with Gasteiger partial charge in [0.15, 0.2) is 0 Å². The van der Waals surface area contributed by atoms with Gasteiger partial charge in [-0.15, -0.1) is 0 Å². The number of oxazole rings is 1. The van der Waals surface area contributed by atoms with Gasteiger partial charge in [-0.3, -0.25) is 0 Å². The molecule has 5 heteroatoms. The minimum Gasteiger partial charge on any atom is -0.440 e. The highest BCUT2D eigenvalue weighted by Gasteiger charge is 2.07. The van der Waals surface area contributed by atoms with Crippen LogP contribution in [-0.4, -0.2) is 4.98 Å². The molecule has 0 unspecified atom stereocenters. The van der Waals surface area contributed by atoms with Gasteiger partial charge in [0, 0.05) is 6.54 Å². The lowest BCUT2D eigenvalue weighted by Crippen LogP contribution is -1.96. The van der Waals surface area contributed by atoms with Crippen molar-refractivity contribution in [2.24, 2.45) is 5.73 Å². The second kappa shape index (κ2) is 4.46. The van der Waals surface area contributed by atoms with Gasteiger partial charge < -0.3 is 10.2 Å². The number of hydrogen-bond acceptors (Lipinski definition) is 4. The number of nitrogens with zero attached hydrogens (tertiary/aromatic N) is 1. The van der Waals surface area contributed by atoms with E-state index in [0.717, 1.165) is 17.3 Å². The second-order valence-corrected chi connectivity index (χ2v) is 3.86. The zero-order chi connectivity index (χ0) is 10.7. The molecule has 0 bridgehead atoms. The van der Waals surface area contributed by atoms with Crippen LogP contribution in [0.5, 0.6) is 0 Å². The van der Waals surface area contributed by atoms with E-state index in [2.05, 4.69) is 4.98 Å². The molecule has 0 spiro atoms. The summed E-state index contributed by atoms with van der Waals surface area (Å²) in [5.74, 6) is -0.304. The maximum Gasteiger partial charge on any atom is 0.260 e. The van der Waals surface area contributed by atoms with Crippen LogP contribution in [0, 0.1) is 5.82 Å². The first-order valence-corrected chi connectivity index (χ1v) is 5.17. The quantitative estimate of drug-likeness (QED) is 0.869. The summed E-state index contributed by atoms with van der Waals surface area (Å²) in [4.78, 5) is 4.38. The maximum absolute atomic E-state index is 13.5. The third-order valence-corrected chi connectivity index (χ3v) is 2.77. The molecule has 0 aliphatic heterocycles. The minimum absolute atomic E-state index is 0.304. The zero-order valence-electron chi connectivity index (χ0n) is 7.81. The number of aromatic nitrogens is 1. The molecular weight excluding hydrogens is 215 g/mol. The van der Waals surface area contributed by atoms with E-state index < -0.39 is 0 Å². The predicted octanol–water partition coefficient (Wildman–Crippen LogP) is 2.42. The van der Waals surface area contributed by atoms with Gasteiger partial charge in [0.05, 0.1) is 11.1 Å². The fraction of sp³-hybridized carbons (Fsp3) is 0.100. The number of hydrogen-bond donors (Lipinski definition) is 1. The van der Waals surface area contributed by atoms with Crippen molar-refractivity contribution in [1.82, 2.24) is 4.98 Å². The first-order valence-electron chi connectivity index (χ1n) is 4.35. The van der Waals surface area contributed by atoms with Crippen LogP contribution >= 0.6 is 11.8 Å². The molecule has 1 aromatic carbocycles. The Bertz CT molecular complexity index is 445. The van der Waals surface area contributed by atoms with E-state index in [1.54, 1.807) is 12.1 Å². The average Bonchev–Trinajstić information content (AvgIpc) is 2.74. The normalized spacial score (nSPS) is 10.5. The molecule has 0 atom stereocenters. The monoisotopic (exact) mass is 224 g/mol. The van der Waals surface area contributed by atoms with E-state index in [4.69, 9.17) is 10.2 Å². The van der Waals surface area contributed by atoms with E-state index in [9.17, 15) is 4.39 Å². The molecule has 2 aromatic rings. The van der Waals surface area contributed by atoms with Crippen molar-refractivity contribution in [3.05, 3.63) is 42.0 Å². The van der Waals surface area contributed by atoms with Crippen LogP contribution < -0.4 is 5.73 Å². The van der Waals surface area contributed by atoms with Gasteiger partial charge in [0.25, 0.3) is 5.22 Å². The summed E-state index contributed by atoms with van der Waals surface area (Å²) in [7, 11) is 0. The summed E-state index contributed by atoms with van der Waals surface area (Å²) < 4.78 is 18.5. The van der Waals surface area contributed by atoms with E-state index in [-0.39, 0.29) is 5.82 Å². The Morgan fingerprint density at radius 3 is 2.93 bits per heavy atom. The zero-order valence-corrected chi connectivity index (χ0v) is 8.63. The van der Waals surface area contributed by atoms with Gasteiger partial charge in [-0.05, 0) is 29.5 Å². The lowest BCUT2D eigenvalue weighted by atomic mass is 10.2. The number of nitrogens with two attached hydrogens (primary N) is 1. The molecule has 0 amide bonds. The standard InChI is InChI=1S/C10H9FN2OS/c11-8-5-7(6-12)1-2-9(8)15-10-13-3-4-14-10/h1-5H,6,12H2. The highest BCUT2D eigenvalue weighted by molar-refractivity contribution is 7.99. The molecule has 2 rings (SSSR count). The molecule has 3 nitrogen and oxygen atoms in total. The summed E-state index contributed by atoms with van der Waals surface area (Å²) in [6.45, 7) is 0.334. The van der Waals surface area contributed by atoms with E-state index in [1.165, 1.54) is 18.5 Å². The van der Waals surface area contributed by atoms with Gasteiger partial charge in [-0.1, -0.05) is 6.07 Å². The van der Waals surface area contributed by atoms with Crippen LogP contribution in [0.25, 0.3) is 0 Å². The maximum atomic E-state index is 13.5. The Morgan fingerprint density at radius 1 is 1.47 bits per heavy atom. The Labute approximate surface area is 90.5 Å². The summed E-state index contributed by atoms with van der Waals surface area (Å²) in [5.41, 5.74) is 6.17. The van der Waals surface area contributed by atoms with E-state index >= 15 is 0 Å². The van der Waals surface area contributed by atoms with Crippen LogP contribution in [0.3, 0.4) is 0 Å². The lowest BCUT2D eigenvalue weighted by Gasteiger charge is -2.01. The van der Waals surface area contributed by atoms with E-state index in [0.29, 0.717) is 16.7 Å². The summed E-state index contributed by atoms with van der Waals surface area (Å²) in [5, 5.41) is 0.425. The fourth-order valence-electron chi connectivity index (χ4n) is 1.11. The average molecular weight is 224 g/mol. The molecular formula is C10H9FN2OS. The Hall–Kier alpha value is -1.33. The fourth-order valence-corrected chi connectivity index (χ4v) is 1.81. The van der Waals surface area contributed by atoms with Crippen molar-refractivity contribution in [2.75, 3.05) is 0 Å². The molecule has 15 heavy (non-hydrogen) atoms. The molecule has 1 heterocycles. The lowest BCUT2D eigenvalue weighted by molar-refractivity contribution is 0.453. The Kier molecular flexibility index (Phi) is 3.03. The summed E-state index contributed by atoms with van der Waals surface area (Å²) in [6, 6.07) is 4.88. The molecule has 0 saturated heterocycles. The third kappa shape index (κ3) is 2.37.